The number of ether oxygens (including phenoxy) is 2. The van der Waals surface area contributed by atoms with E-state index in [4.69, 9.17) is 13.9 Å². The molecule has 0 fully saturated rings. The zero-order chi connectivity index (χ0) is 15.5. The SMILES string of the molecule is COCCNCc1nnc(NC(C)C(=O)NCCOC)o1. The van der Waals surface area contributed by atoms with Gasteiger partial charge in [0.25, 0.3) is 0 Å². The van der Waals surface area contributed by atoms with Gasteiger partial charge in [0, 0.05) is 27.3 Å². The zero-order valence-corrected chi connectivity index (χ0v) is 12.6. The Hall–Kier alpha value is -1.71. The molecule has 120 valence electrons. The molecule has 0 saturated heterocycles. The van der Waals surface area contributed by atoms with Crippen LogP contribution in [-0.2, 0) is 20.8 Å². The third-order valence-electron chi connectivity index (χ3n) is 2.56. The number of anilines is 1. The van der Waals surface area contributed by atoms with E-state index in [1.165, 1.54) is 0 Å². The maximum absolute atomic E-state index is 11.7. The lowest BCUT2D eigenvalue weighted by Gasteiger charge is -2.11. The summed E-state index contributed by atoms with van der Waals surface area (Å²) >= 11 is 0. The molecule has 1 amide bonds. The summed E-state index contributed by atoms with van der Waals surface area (Å²) in [5.41, 5.74) is 0. The van der Waals surface area contributed by atoms with E-state index in [0.717, 1.165) is 0 Å². The highest BCUT2D eigenvalue weighted by Crippen LogP contribution is 2.06. The van der Waals surface area contributed by atoms with Crippen molar-refractivity contribution in [1.29, 1.82) is 0 Å². The third kappa shape index (κ3) is 7.02. The molecule has 0 aliphatic carbocycles. The van der Waals surface area contributed by atoms with E-state index in [0.29, 0.717) is 38.7 Å². The number of nitrogens with one attached hydrogen (secondary N) is 3. The van der Waals surface area contributed by atoms with Crippen molar-refractivity contribution in [1.82, 2.24) is 20.8 Å². The first-order valence-corrected chi connectivity index (χ1v) is 6.72. The minimum atomic E-state index is -0.475. The zero-order valence-electron chi connectivity index (χ0n) is 12.6. The lowest BCUT2D eigenvalue weighted by Crippen LogP contribution is -2.39. The normalized spacial score (nSPS) is 12.1. The van der Waals surface area contributed by atoms with Gasteiger partial charge >= 0.3 is 6.01 Å². The molecule has 0 radical (unpaired) electrons. The van der Waals surface area contributed by atoms with Gasteiger partial charge in [-0.2, -0.15) is 0 Å². The number of methoxy groups -OCH3 is 2. The van der Waals surface area contributed by atoms with Crippen LogP contribution in [0.1, 0.15) is 12.8 Å². The number of rotatable bonds is 11. The van der Waals surface area contributed by atoms with E-state index in [9.17, 15) is 4.79 Å². The summed E-state index contributed by atoms with van der Waals surface area (Å²) in [6, 6.07) is -0.260. The summed E-state index contributed by atoms with van der Waals surface area (Å²) in [6.07, 6.45) is 0. The van der Waals surface area contributed by atoms with Gasteiger partial charge in [0.1, 0.15) is 6.04 Å². The van der Waals surface area contributed by atoms with E-state index >= 15 is 0 Å². The van der Waals surface area contributed by atoms with Crippen LogP contribution in [0.25, 0.3) is 0 Å². The van der Waals surface area contributed by atoms with Crippen LogP contribution in [0.2, 0.25) is 0 Å². The van der Waals surface area contributed by atoms with Crippen LogP contribution in [0, 0.1) is 0 Å². The Morgan fingerprint density at radius 1 is 1.24 bits per heavy atom. The van der Waals surface area contributed by atoms with Crippen LogP contribution < -0.4 is 16.0 Å². The number of carbonyl (C=O) groups is 1. The number of hydrogen-bond donors (Lipinski definition) is 3. The molecule has 0 aliphatic rings. The van der Waals surface area contributed by atoms with Crippen LogP contribution in [-0.4, -0.2) is 62.7 Å². The number of nitrogens with zero attached hydrogens (tertiary/aromatic N) is 2. The molecule has 1 rings (SSSR count). The van der Waals surface area contributed by atoms with Crippen molar-refractivity contribution in [3.05, 3.63) is 5.89 Å². The second-order valence-electron chi connectivity index (χ2n) is 4.32. The first-order chi connectivity index (χ1) is 10.2. The number of amides is 1. The Bertz CT molecular complexity index is 412. The van der Waals surface area contributed by atoms with Gasteiger partial charge in [-0.25, -0.2) is 0 Å². The van der Waals surface area contributed by atoms with Crippen molar-refractivity contribution in [3.8, 4) is 0 Å². The maximum atomic E-state index is 11.7. The average Bonchev–Trinajstić information content (AvgIpc) is 2.91. The van der Waals surface area contributed by atoms with Gasteiger partial charge < -0.3 is 29.8 Å². The van der Waals surface area contributed by atoms with Crippen molar-refractivity contribution in [2.75, 3.05) is 45.8 Å². The Labute approximate surface area is 123 Å². The molecule has 0 spiro atoms. The lowest BCUT2D eigenvalue weighted by atomic mass is 10.3. The largest absolute Gasteiger partial charge is 0.407 e. The second kappa shape index (κ2) is 10.1. The van der Waals surface area contributed by atoms with Crippen molar-refractivity contribution in [2.45, 2.75) is 19.5 Å². The molecule has 1 unspecified atom stereocenters. The van der Waals surface area contributed by atoms with Crippen molar-refractivity contribution in [2.24, 2.45) is 0 Å². The minimum Gasteiger partial charge on any atom is -0.407 e. The van der Waals surface area contributed by atoms with Crippen molar-refractivity contribution in [3.63, 3.8) is 0 Å². The molecule has 9 heteroatoms. The molecule has 9 nitrogen and oxygen atoms in total. The fraction of sp³-hybridized carbons (Fsp3) is 0.750. The van der Waals surface area contributed by atoms with Crippen molar-refractivity contribution < 1.29 is 18.7 Å². The summed E-state index contributed by atoms with van der Waals surface area (Å²) in [4.78, 5) is 11.7. The van der Waals surface area contributed by atoms with Gasteiger partial charge in [0.2, 0.25) is 11.8 Å². The molecule has 1 atom stereocenters. The standard InChI is InChI=1S/C12H23N5O4/c1-9(11(18)14-5-7-20-3)15-12-17-16-10(21-12)8-13-4-6-19-2/h9,13H,4-8H2,1-3H3,(H,14,18)(H,15,17). The predicted molar refractivity (Wildman–Crippen MR) is 75.9 cm³/mol. The highest BCUT2D eigenvalue weighted by atomic mass is 16.5. The summed E-state index contributed by atoms with van der Waals surface area (Å²) in [6.45, 7) is 4.39. The van der Waals surface area contributed by atoms with Crippen LogP contribution in [0.4, 0.5) is 6.01 Å². The highest BCUT2D eigenvalue weighted by molar-refractivity contribution is 5.83. The van der Waals surface area contributed by atoms with Gasteiger partial charge in [0.15, 0.2) is 0 Å². The quantitative estimate of drug-likeness (QED) is 0.463. The van der Waals surface area contributed by atoms with E-state index in [1.54, 1.807) is 21.1 Å². The topological polar surface area (TPSA) is 111 Å². The van der Waals surface area contributed by atoms with Crippen LogP contribution in [0.15, 0.2) is 4.42 Å². The van der Waals surface area contributed by atoms with E-state index < -0.39 is 6.04 Å². The lowest BCUT2D eigenvalue weighted by molar-refractivity contribution is -0.121. The Kier molecular flexibility index (Phi) is 8.32. The Balaban J connectivity index is 2.30. The maximum Gasteiger partial charge on any atom is 0.316 e. The Morgan fingerprint density at radius 3 is 2.67 bits per heavy atom. The molecule has 1 aromatic heterocycles. The fourth-order valence-electron chi connectivity index (χ4n) is 1.43. The van der Waals surface area contributed by atoms with Gasteiger partial charge in [-0.05, 0) is 6.92 Å². The minimum absolute atomic E-state index is 0.162. The smallest absolute Gasteiger partial charge is 0.316 e. The first kappa shape index (κ1) is 17.3. The second-order valence-corrected chi connectivity index (χ2v) is 4.32. The van der Waals surface area contributed by atoms with Gasteiger partial charge in [0.05, 0.1) is 19.8 Å². The summed E-state index contributed by atoms with van der Waals surface area (Å²) < 4.78 is 15.1. The summed E-state index contributed by atoms with van der Waals surface area (Å²) in [5, 5.41) is 16.3. The molecule has 3 N–H and O–H groups in total. The van der Waals surface area contributed by atoms with Gasteiger partial charge in [-0.15, -0.1) is 5.10 Å². The van der Waals surface area contributed by atoms with E-state index in [-0.39, 0.29) is 11.9 Å². The predicted octanol–water partition coefficient (Wildman–Crippen LogP) is -0.631. The van der Waals surface area contributed by atoms with Crippen LogP contribution in [0.5, 0.6) is 0 Å². The van der Waals surface area contributed by atoms with Gasteiger partial charge in [-0.3, -0.25) is 4.79 Å². The monoisotopic (exact) mass is 301 g/mol. The van der Waals surface area contributed by atoms with Gasteiger partial charge in [-0.1, -0.05) is 5.10 Å². The summed E-state index contributed by atoms with van der Waals surface area (Å²) in [5.74, 6) is 0.283. The molecule has 0 aromatic carbocycles. The number of hydrogen-bond acceptors (Lipinski definition) is 8. The molecular weight excluding hydrogens is 278 g/mol. The average molecular weight is 301 g/mol. The van der Waals surface area contributed by atoms with Crippen LogP contribution >= 0.6 is 0 Å². The highest BCUT2D eigenvalue weighted by Gasteiger charge is 2.15. The molecule has 1 heterocycles. The Morgan fingerprint density at radius 2 is 1.95 bits per heavy atom. The molecule has 21 heavy (non-hydrogen) atoms. The molecular formula is C12H23N5O4. The number of carbonyl (C=O) groups excluding carboxylic acids is 1. The molecule has 0 saturated carbocycles. The van der Waals surface area contributed by atoms with E-state index in [1.807, 2.05) is 0 Å². The fourth-order valence-corrected chi connectivity index (χ4v) is 1.43. The van der Waals surface area contributed by atoms with Crippen molar-refractivity contribution >= 4 is 11.9 Å². The summed E-state index contributed by atoms with van der Waals surface area (Å²) in [7, 11) is 3.21. The molecule has 0 bridgehead atoms. The molecule has 0 aliphatic heterocycles. The number of aromatic nitrogens is 2. The molecule has 1 aromatic rings. The van der Waals surface area contributed by atoms with E-state index in [2.05, 4.69) is 26.1 Å². The third-order valence-corrected chi connectivity index (χ3v) is 2.56. The van der Waals surface area contributed by atoms with Crippen LogP contribution in [0.3, 0.4) is 0 Å². The first-order valence-electron chi connectivity index (χ1n) is 6.72.